The normalized spacial score (nSPS) is 7.20. The van der Waals surface area contributed by atoms with Gasteiger partial charge in [-0.15, -0.1) is 0 Å². The van der Waals surface area contributed by atoms with Gasteiger partial charge in [0, 0.05) is 11.9 Å². The summed E-state index contributed by atoms with van der Waals surface area (Å²) in [6.45, 7) is 8.48. The summed E-state index contributed by atoms with van der Waals surface area (Å²) in [4.78, 5) is 9.75. The van der Waals surface area contributed by atoms with E-state index in [1.165, 1.54) is 6.92 Å². The zero-order valence-electron chi connectivity index (χ0n) is 9.37. The molecule has 84 valence electrons. The van der Waals surface area contributed by atoms with Gasteiger partial charge in [-0.05, 0) is 12.1 Å². The zero-order valence-corrected chi connectivity index (χ0v) is 10.1. The lowest BCUT2D eigenvalue weighted by Gasteiger charge is -1.83. The number of carbonyl (C=O) groups excluding carboxylic acids is 1. The first-order valence-corrected chi connectivity index (χ1v) is 5.03. The van der Waals surface area contributed by atoms with Crippen molar-refractivity contribution >= 4 is 17.6 Å². The minimum absolute atomic E-state index is 0.329. The Morgan fingerprint density at radius 1 is 1.33 bits per heavy atom. The molecule has 1 rings (SSSR count). The first-order chi connectivity index (χ1) is 7.16. The molecule has 0 spiro atoms. The third-order valence-electron chi connectivity index (χ3n) is 0.982. The number of hydrogen-bond donors (Lipinski definition) is 0. The Bertz CT molecular complexity index is 258. The Balaban J connectivity index is 0. The van der Waals surface area contributed by atoms with E-state index in [0.717, 1.165) is 11.3 Å². The van der Waals surface area contributed by atoms with Crippen molar-refractivity contribution in [3.63, 3.8) is 0 Å². The van der Waals surface area contributed by atoms with Crippen LogP contribution in [-0.2, 0) is 9.53 Å². The molecule has 1 aromatic rings. The second kappa shape index (κ2) is 12.7. The van der Waals surface area contributed by atoms with Gasteiger partial charge in [0.15, 0.2) is 0 Å². The third kappa shape index (κ3) is 15.5. The first kappa shape index (κ1) is 16.2. The summed E-state index contributed by atoms with van der Waals surface area (Å²) in [5, 5.41) is 0.794. The van der Waals surface area contributed by atoms with Crippen LogP contribution >= 0.6 is 11.6 Å². The van der Waals surface area contributed by atoms with Crippen molar-refractivity contribution in [1.82, 2.24) is 0 Å². The Morgan fingerprint density at radius 2 is 1.80 bits per heavy atom. The Kier molecular flexibility index (Phi) is 13.7. The first-order valence-electron chi connectivity index (χ1n) is 4.65. The van der Waals surface area contributed by atoms with E-state index in [0.29, 0.717) is 0 Å². The van der Waals surface area contributed by atoms with Crippen LogP contribution < -0.4 is 0 Å². The minimum atomic E-state index is -0.329. The summed E-state index contributed by atoms with van der Waals surface area (Å²) in [5.41, 5.74) is 0. The topological polar surface area (TPSA) is 26.3 Å². The molecule has 0 unspecified atom stereocenters. The molecule has 0 saturated heterocycles. The number of esters is 1. The molecule has 0 radical (unpaired) electrons. The number of benzene rings is 1. The van der Waals surface area contributed by atoms with Crippen molar-refractivity contribution in [3.05, 3.63) is 48.2 Å². The summed E-state index contributed by atoms with van der Waals surface area (Å²) in [5.74, 6) is -0.329. The zero-order chi connectivity index (χ0) is 12.1. The maximum absolute atomic E-state index is 9.75. The quantitative estimate of drug-likeness (QED) is 0.535. The van der Waals surface area contributed by atoms with E-state index >= 15 is 0 Å². The van der Waals surface area contributed by atoms with Crippen LogP contribution in [0.3, 0.4) is 0 Å². The summed E-state index contributed by atoms with van der Waals surface area (Å²) in [6, 6.07) is 9.44. The number of rotatable bonds is 1. The molecule has 1 aromatic carbocycles. The minimum Gasteiger partial charge on any atom is -0.435 e. The second-order valence-corrected chi connectivity index (χ2v) is 2.51. The maximum Gasteiger partial charge on any atom is 0.307 e. The molecule has 0 saturated carbocycles. The SMILES string of the molecule is C=COC(C)=O.CC.Clc1ccccc1. The van der Waals surface area contributed by atoms with Crippen molar-refractivity contribution in [2.75, 3.05) is 0 Å². The largest absolute Gasteiger partial charge is 0.435 e. The Hall–Kier alpha value is -1.28. The van der Waals surface area contributed by atoms with Crippen molar-refractivity contribution in [2.45, 2.75) is 20.8 Å². The smallest absolute Gasteiger partial charge is 0.307 e. The van der Waals surface area contributed by atoms with Crippen LogP contribution in [0.1, 0.15) is 20.8 Å². The van der Waals surface area contributed by atoms with Gasteiger partial charge in [0.1, 0.15) is 0 Å². The predicted octanol–water partition coefficient (Wildman–Crippen LogP) is 4.06. The van der Waals surface area contributed by atoms with E-state index in [1.807, 2.05) is 44.2 Å². The average molecular weight is 229 g/mol. The van der Waals surface area contributed by atoms with Crippen LogP contribution in [0, 0.1) is 0 Å². The van der Waals surface area contributed by atoms with Crippen LogP contribution in [0.5, 0.6) is 0 Å². The fourth-order valence-electron chi connectivity index (χ4n) is 0.532. The van der Waals surface area contributed by atoms with Gasteiger partial charge in [-0.3, -0.25) is 4.79 Å². The van der Waals surface area contributed by atoms with Gasteiger partial charge in [-0.2, -0.15) is 0 Å². The van der Waals surface area contributed by atoms with Gasteiger partial charge >= 0.3 is 5.97 Å². The van der Waals surface area contributed by atoms with Gasteiger partial charge in [-0.1, -0.05) is 50.2 Å². The number of ether oxygens (including phenoxy) is 1. The van der Waals surface area contributed by atoms with Crippen molar-refractivity contribution in [3.8, 4) is 0 Å². The van der Waals surface area contributed by atoms with E-state index in [4.69, 9.17) is 11.6 Å². The molecule has 0 atom stereocenters. The molecule has 2 nitrogen and oxygen atoms in total. The molecule has 15 heavy (non-hydrogen) atoms. The lowest BCUT2D eigenvalue weighted by Crippen LogP contribution is -1.87. The van der Waals surface area contributed by atoms with Crippen molar-refractivity contribution in [1.29, 1.82) is 0 Å². The van der Waals surface area contributed by atoms with Crippen LogP contribution in [0.25, 0.3) is 0 Å². The van der Waals surface area contributed by atoms with Crippen LogP contribution in [-0.4, -0.2) is 5.97 Å². The number of hydrogen-bond acceptors (Lipinski definition) is 2. The number of carbonyl (C=O) groups is 1. The fraction of sp³-hybridized carbons (Fsp3) is 0.250. The molecular formula is C12H17ClO2. The van der Waals surface area contributed by atoms with E-state index in [1.54, 1.807) is 0 Å². The van der Waals surface area contributed by atoms with Gasteiger partial charge in [-0.25, -0.2) is 0 Å². The molecule has 0 amide bonds. The fourth-order valence-corrected chi connectivity index (χ4v) is 0.677. The number of halogens is 1. The molecule has 0 aliphatic carbocycles. The highest BCUT2D eigenvalue weighted by atomic mass is 35.5. The highest BCUT2D eigenvalue weighted by molar-refractivity contribution is 6.30. The standard InChI is InChI=1S/C6H5Cl.C4H6O2.C2H6/c7-6-4-2-1-3-5-6;1-3-6-4(2)5;1-2/h1-5H;3H,1H2,2H3;1-2H3. The molecule has 0 N–H and O–H groups in total. The van der Waals surface area contributed by atoms with Crippen LogP contribution in [0.15, 0.2) is 43.2 Å². The summed E-state index contributed by atoms with van der Waals surface area (Å²) < 4.78 is 4.17. The summed E-state index contributed by atoms with van der Waals surface area (Å²) in [7, 11) is 0. The lowest BCUT2D eigenvalue weighted by atomic mass is 10.4. The lowest BCUT2D eigenvalue weighted by molar-refractivity contribution is -0.135. The van der Waals surface area contributed by atoms with Gasteiger partial charge in [0.2, 0.25) is 0 Å². The molecule has 0 aliphatic rings. The molecule has 0 bridgehead atoms. The molecular weight excluding hydrogens is 212 g/mol. The molecule has 0 aliphatic heterocycles. The molecule has 0 heterocycles. The summed E-state index contributed by atoms with van der Waals surface area (Å²) >= 11 is 5.54. The molecule has 0 aromatic heterocycles. The van der Waals surface area contributed by atoms with Gasteiger partial charge in [0.25, 0.3) is 0 Å². The van der Waals surface area contributed by atoms with Crippen molar-refractivity contribution in [2.24, 2.45) is 0 Å². The molecule has 3 heteroatoms. The van der Waals surface area contributed by atoms with E-state index in [2.05, 4.69) is 11.3 Å². The second-order valence-electron chi connectivity index (χ2n) is 2.07. The highest BCUT2D eigenvalue weighted by Crippen LogP contribution is 2.03. The van der Waals surface area contributed by atoms with Gasteiger partial charge in [0.05, 0.1) is 6.26 Å². The van der Waals surface area contributed by atoms with E-state index in [-0.39, 0.29) is 5.97 Å². The average Bonchev–Trinajstić information content (AvgIpc) is 2.22. The van der Waals surface area contributed by atoms with E-state index < -0.39 is 0 Å². The van der Waals surface area contributed by atoms with Gasteiger partial charge < -0.3 is 4.74 Å². The highest BCUT2D eigenvalue weighted by Gasteiger charge is 1.79. The van der Waals surface area contributed by atoms with Crippen LogP contribution in [0.2, 0.25) is 5.02 Å². The predicted molar refractivity (Wildman–Crippen MR) is 64.8 cm³/mol. The van der Waals surface area contributed by atoms with E-state index in [9.17, 15) is 4.79 Å². The summed E-state index contributed by atoms with van der Waals surface area (Å²) in [6.07, 6.45) is 1.10. The monoisotopic (exact) mass is 228 g/mol. The Morgan fingerprint density at radius 3 is 1.93 bits per heavy atom. The maximum atomic E-state index is 9.75. The van der Waals surface area contributed by atoms with Crippen molar-refractivity contribution < 1.29 is 9.53 Å². The Labute approximate surface area is 96.5 Å². The molecule has 0 fully saturated rings. The third-order valence-corrected chi connectivity index (χ3v) is 1.23. The van der Waals surface area contributed by atoms with Crippen LogP contribution in [0.4, 0.5) is 0 Å².